The molecule has 36 heavy (non-hydrogen) atoms. The second-order valence-corrected chi connectivity index (χ2v) is 8.60. The number of nitrogens with zero attached hydrogens (tertiary/aromatic N) is 5. The van der Waals surface area contributed by atoms with Gasteiger partial charge in [0.15, 0.2) is 0 Å². The van der Waals surface area contributed by atoms with Crippen LogP contribution in [0, 0.1) is 6.92 Å². The number of para-hydroxylation sites is 2. The number of carbonyl (C=O) groups is 1. The summed E-state index contributed by atoms with van der Waals surface area (Å²) in [6.07, 6.45) is 4.63. The standard InChI is InChI=1S/C27H28N6O3/c1-18-16-19(26(34)35-2)17-21(29-18)24-23-12-6-8-14-33(23)31-25(24)36-15-9-3-7-13-32-22-11-5-4-10-20(22)30-27(32)28/h4-6,8,10-12,14,16-17H,3,7,9,13,15H2,1-2H3,(H2,28,30). The first-order valence-corrected chi connectivity index (χ1v) is 11.9. The Labute approximate surface area is 208 Å². The average Bonchev–Trinajstić information content (AvgIpc) is 3.41. The molecule has 4 heterocycles. The van der Waals surface area contributed by atoms with Gasteiger partial charge in [-0.15, -0.1) is 5.10 Å². The van der Waals surface area contributed by atoms with Gasteiger partial charge in [-0.2, -0.15) is 0 Å². The van der Waals surface area contributed by atoms with Gasteiger partial charge in [0, 0.05) is 18.4 Å². The van der Waals surface area contributed by atoms with E-state index in [2.05, 4.69) is 19.6 Å². The highest BCUT2D eigenvalue weighted by Gasteiger charge is 2.19. The highest BCUT2D eigenvalue weighted by atomic mass is 16.5. The van der Waals surface area contributed by atoms with Crippen molar-refractivity contribution in [2.45, 2.75) is 32.7 Å². The van der Waals surface area contributed by atoms with Gasteiger partial charge in [-0.05, 0) is 62.6 Å². The van der Waals surface area contributed by atoms with Crippen molar-refractivity contribution in [3.05, 3.63) is 72.1 Å². The Morgan fingerprint density at radius 3 is 2.67 bits per heavy atom. The van der Waals surface area contributed by atoms with Crippen LogP contribution in [0.3, 0.4) is 0 Å². The smallest absolute Gasteiger partial charge is 0.337 e. The summed E-state index contributed by atoms with van der Waals surface area (Å²) < 4.78 is 14.9. The fraction of sp³-hybridized carbons (Fsp3) is 0.259. The Morgan fingerprint density at radius 1 is 1.00 bits per heavy atom. The molecule has 2 N–H and O–H groups in total. The third kappa shape index (κ3) is 4.59. The topological polar surface area (TPSA) is 110 Å². The average molecular weight is 485 g/mol. The molecular formula is C27H28N6O3. The minimum Gasteiger partial charge on any atom is -0.476 e. The van der Waals surface area contributed by atoms with E-state index in [4.69, 9.17) is 15.2 Å². The van der Waals surface area contributed by atoms with Crippen molar-refractivity contribution in [2.75, 3.05) is 19.5 Å². The van der Waals surface area contributed by atoms with Crippen molar-refractivity contribution in [2.24, 2.45) is 0 Å². The number of rotatable bonds is 9. The lowest BCUT2D eigenvalue weighted by molar-refractivity contribution is 0.0600. The maximum Gasteiger partial charge on any atom is 0.337 e. The molecule has 0 amide bonds. The lowest BCUT2D eigenvalue weighted by atomic mass is 10.1. The van der Waals surface area contributed by atoms with Crippen molar-refractivity contribution in [3.8, 4) is 17.1 Å². The first-order chi connectivity index (χ1) is 17.5. The first-order valence-electron chi connectivity index (χ1n) is 11.9. The normalized spacial score (nSPS) is 11.3. The van der Waals surface area contributed by atoms with E-state index in [1.165, 1.54) is 7.11 Å². The molecule has 9 heteroatoms. The van der Waals surface area contributed by atoms with Gasteiger partial charge in [-0.25, -0.2) is 14.3 Å². The lowest BCUT2D eigenvalue weighted by Gasteiger charge is -2.09. The minimum atomic E-state index is -0.410. The molecule has 0 fully saturated rings. The molecule has 5 rings (SSSR count). The number of ether oxygens (including phenoxy) is 2. The summed E-state index contributed by atoms with van der Waals surface area (Å²) in [7, 11) is 1.37. The van der Waals surface area contributed by atoms with E-state index in [0.717, 1.165) is 47.9 Å². The molecule has 0 saturated carbocycles. The number of aromatic nitrogens is 5. The SMILES string of the molecule is COC(=O)c1cc(C)nc(-c2c(OCCCCCn3c(N)nc4ccccc43)nn3ccccc23)c1. The van der Waals surface area contributed by atoms with Gasteiger partial charge in [0.2, 0.25) is 11.8 Å². The predicted molar refractivity (Wildman–Crippen MR) is 138 cm³/mol. The number of benzene rings is 1. The number of aryl methyl sites for hydroxylation is 2. The van der Waals surface area contributed by atoms with Gasteiger partial charge in [0.05, 0.1) is 47.1 Å². The van der Waals surface area contributed by atoms with E-state index in [0.29, 0.717) is 35.4 Å². The molecule has 0 saturated heterocycles. The number of methoxy groups -OCH3 is 1. The summed E-state index contributed by atoms with van der Waals surface area (Å²) in [5, 5.41) is 4.63. The number of fused-ring (bicyclic) bond motifs is 2. The molecule has 0 unspecified atom stereocenters. The largest absolute Gasteiger partial charge is 0.476 e. The van der Waals surface area contributed by atoms with E-state index in [-0.39, 0.29) is 0 Å². The second kappa shape index (κ2) is 10.1. The first kappa shape index (κ1) is 23.3. The van der Waals surface area contributed by atoms with Crippen molar-refractivity contribution in [3.63, 3.8) is 0 Å². The second-order valence-electron chi connectivity index (χ2n) is 8.60. The third-order valence-electron chi connectivity index (χ3n) is 6.09. The van der Waals surface area contributed by atoms with Crippen LogP contribution >= 0.6 is 0 Å². The van der Waals surface area contributed by atoms with Crippen LogP contribution in [0.15, 0.2) is 60.8 Å². The molecule has 0 aliphatic rings. The van der Waals surface area contributed by atoms with Crippen LogP contribution in [0.5, 0.6) is 5.88 Å². The fourth-order valence-electron chi connectivity index (χ4n) is 4.40. The van der Waals surface area contributed by atoms with Gasteiger partial charge in [-0.1, -0.05) is 18.2 Å². The number of nitrogen functional groups attached to an aromatic ring is 1. The number of unbranched alkanes of at least 4 members (excludes halogenated alkanes) is 2. The Hall–Kier alpha value is -4.40. The van der Waals surface area contributed by atoms with E-state index in [1.54, 1.807) is 16.6 Å². The molecule has 0 radical (unpaired) electrons. The maximum absolute atomic E-state index is 12.2. The summed E-state index contributed by atoms with van der Waals surface area (Å²) in [5.74, 6) is 0.616. The number of hydrogen-bond donors (Lipinski definition) is 1. The Morgan fingerprint density at radius 2 is 1.81 bits per heavy atom. The van der Waals surface area contributed by atoms with Crippen molar-refractivity contribution in [1.29, 1.82) is 0 Å². The van der Waals surface area contributed by atoms with Gasteiger partial charge in [-0.3, -0.25) is 4.98 Å². The van der Waals surface area contributed by atoms with E-state index >= 15 is 0 Å². The summed E-state index contributed by atoms with van der Waals surface area (Å²) >= 11 is 0. The Bertz CT molecular complexity index is 1540. The van der Waals surface area contributed by atoms with Crippen LogP contribution < -0.4 is 10.5 Å². The molecular weight excluding hydrogens is 456 g/mol. The van der Waals surface area contributed by atoms with Crippen molar-refractivity contribution < 1.29 is 14.3 Å². The van der Waals surface area contributed by atoms with Gasteiger partial charge in [0.25, 0.3) is 0 Å². The van der Waals surface area contributed by atoms with E-state index in [1.807, 2.05) is 55.6 Å². The quantitative estimate of drug-likeness (QED) is 0.239. The zero-order valence-electron chi connectivity index (χ0n) is 20.3. The molecule has 0 bridgehead atoms. The van der Waals surface area contributed by atoms with Crippen LogP contribution in [0.4, 0.5) is 5.95 Å². The molecule has 9 nitrogen and oxygen atoms in total. The summed E-state index contributed by atoms with van der Waals surface area (Å²) in [6.45, 7) is 3.15. The third-order valence-corrected chi connectivity index (χ3v) is 6.09. The van der Waals surface area contributed by atoms with Crippen LogP contribution in [0.1, 0.15) is 35.3 Å². The van der Waals surface area contributed by atoms with Crippen molar-refractivity contribution >= 4 is 28.5 Å². The highest BCUT2D eigenvalue weighted by molar-refractivity contribution is 5.92. The number of anilines is 1. The molecule has 184 valence electrons. The lowest BCUT2D eigenvalue weighted by Crippen LogP contribution is -2.05. The van der Waals surface area contributed by atoms with Crippen LogP contribution in [0.25, 0.3) is 27.8 Å². The monoisotopic (exact) mass is 484 g/mol. The molecule has 5 aromatic rings. The summed E-state index contributed by atoms with van der Waals surface area (Å²) in [4.78, 5) is 21.3. The summed E-state index contributed by atoms with van der Waals surface area (Å²) in [6, 6.07) is 17.2. The highest BCUT2D eigenvalue weighted by Crippen LogP contribution is 2.33. The summed E-state index contributed by atoms with van der Waals surface area (Å²) in [5.41, 5.74) is 11.4. The van der Waals surface area contributed by atoms with Crippen LogP contribution in [0.2, 0.25) is 0 Å². The Kier molecular flexibility index (Phi) is 6.53. The van der Waals surface area contributed by atoms with Crippen LogP contribution in [-0.2, 0) is 11.3 Å². The van der Waals surface area contributed by atoms with Crippen molar-refractivity contribution in [1.82, 2.24) is 24.1 Å². The molecule has 0 spiro atoms. The number of esters is 1. The van der Waals surface area contributed by atoms with Gasteiger partial charge < -0.3 is 19.8 Å². The number of nitrogens with two attached hydrogens (primary N) is 1. The fourth-order valence-corrected chi connectivity index (χ4v) is 4.40. The number of imidazole rings is 1. The molecule has 0 aliphatic carbocycles. The predicted octanol–water partition coefficient (Wildman–Crippen LogP) is 4.67. The molecule has 4 aromatic heterocycles. The molecule has 0 atom stereocenters. The van der Waals surface area contributed by atoms with Gasteiger partial charge >= 0.3 is 5.97 Å². The van der Waals surface area contributed by atoms with E-state index < -0.39 is 5.97 Å². The zero-order valence-corrected chi connectivity index (χ0v) is 20.3. The maximum atomic E-state index is 12.2. The molecule has 1 aromatic carbocycles. The minimum absolute atomic E-state index is 0.410. The number of hydrogen-bond acceptors (Lipinski definition) is 7. The molecule has 0 aliphatic heterocycles. The van der Waals surface area contributed by atoms with Crippen LogP contribution in [-0.4, -0.2) is 43.8 Å². The van der Waals surface area contributed by atoms with E-state index in [9.17, 15) is 4.79 Å². The Balaban J connectivity index is 1.28. The zero-order chi connectivity index (χ0) is 25.1. The van der Waals surface area contributed by atoms with Gasteiger partial charge in [0.1, 0.15) is 0 Å². The number of pyridine rings is 2. The number of carbonyl (C=O) groups excluding carboxylic acids is 1.